The molecule has 0 bridgehead atoms. The van der Waals surface area contributed by atoms with E-state index >= 15 is 0 Å². The minimum atomic E-state index is -0.837. The summed E-state index contributed by atoms with van der Waals surface area (Å²) in [5, 5.41) is 8.91. The molecule has 0 aliphatic carbocycles. The minimum absolute atomic E-state index is 0.0424. The molecule has 2 saturated heterocycles. The molecule has 0 saturated carbocycles. The van der Waals surface area contributed by atoms with Crippen molar-refractivity contribution in [1.29, 1.82) is 0 Å². The van der Waals surface area contributed by atoms with E-state index in [9.17, 15) is 9.59 Å². The predicted octanol–water partition coefficient (Wildman–Crippen LogP) is 0.830. The van der Waals surface area contributed by atoms with Crippen molar-refractivity contribution in [3.63, 3.8) is 0 Å². The highest BCUT2D eigenvalue weighted by molar-refractivity contribution is 7.99. The van der Waals surface area contributed by atoms with Crippen molar-refractivity contribution < 1.29 is 19.4 Å². The van der Waals surface area contributed by atoms with Crippen LogP contribution in [-0.2, 0) is 14.3 Å². The van der Waals surface area contributed by atoms with E-state index in [4.69, 9.17) is 9.84 Å². The average molecular weight is 273 g/mol. The molecule has 2 heterocycles. The highest BCUT2D eigenvalue weighted by Crippen LogP contribution is 2.27. The fourth-order valence-electron chi connectivity index (χ4n) is 2.58. The Morgan fingerprint density at radius 2 is 2.28 bits per heavy atom. The maximum Gasteiger partial charge on any atom is 0.305 e. The van der Waals surface area contributed by atoms with E-state index in [1.807, 2.05) is 6.92 Å². The summed E-state index contributed by atoms with van der Waals surface area (Å²) in [4.78, 5) is 25.1. The molecule has 6 heteroatoms. The summed E-state index contributed by atoms with van der Waals surface area (Å²) in [5.74, 6) is 0.760. The van der Waals surface area contributed by atoms with Gasteiger partial charge in [-0.3, -0.25) is 9.59 Å². The summed E-state index contributed by atoms with van der Waals surface area (Å²) in [6.07, 6.45) is 0.752. The number of carboxylic acids is 1. The maximum atomic E-state index is 12.4. The van der Waals surface area contributed by atoms with Gasteiger partial charge in [0.25, 0.3) is 0 Å². The van der Waals surface area contributed by atoms with E-state index in [2.05, 4.69) is 0 Å². The lowest BCUT2D eigenvalue weighted by Gasteiger charge is -2.36. The van der Waals surface area contributed by atoms with Crippen LogP contribution in [0.15, 0.2) is 0 Å². The van der Waals surface area contributed by atoms with E-state index in [0.717, 1.165) is 17.9 Å². The van der Waals surface area contributed by atoms with Crippen LogP contribution < -0.4 is 0 Å². The van der Waals surface area contributed by atoms with E-state index in [-0.39, 0.29) is 30.4 Å². The first kappa shape index (κ1) is 13.7. The molecule has 2 aliphatic heterocycles. The van der Waals surface area contributed by atoms with E-state index < -0.39 is 5.97 Å². The average Bonchev–Trinajstić information content (AvgIpc) is 2.74. The number of thioether (sulfide) groups is 1. The number of hydrogen-bond acceptors (Lipinski definition) is 4. The second-order valence-electron chi connectivity index (χ2n) is 4.83. The van der Waals surface area contributed by atoms with Gasteiger partial charge < -0.3 is 14.7 Å². The SMILES string of the molecule is CC1OCCC1C(=O)N1CCSCC1CC(=O)O. The Morgan fingerprint density at radius 1 is 1.50 bits per heavy atom. The van der Waals surface area contributed by atoms with Crippen molar-refractivity contribution in [2.24, 2.45) is 5.92 Å². The lowest BCUT2D eigenvalue weighted by Crippen LogP contribution is -2.50. The second kappa shape index (κ2) is 5.93. The minimum Gasteiger partial charge on any atom is -0.481 e. The van der Waals surface area contributed by atoms with Gasteiger partial charge in [0.1, 0.15) is 0 Å². The number of carboxylic acid groups (broad SMARTS) is 1. The molecule has 2 rings (SSSR count). The molecule has 18 heavy (non-hydrogen) atoms. The molecule has 0 spiro atoms. The van der Waals surface area contributed by atoms with Gasteiger partial charge in [0.15, 0.2) is 0 Å². The molecule has 0 radical (unpaired) electrons. The van der Waals surface area contributed by atoms with Crippen LogP contribution in [0.25, 0.3) is 0 Å². The van der Waals surface area contributed by atoms with Crippen molar-refractivity contribution >= 4 is 23.6 Å². The molecule has 3 unspecified atom stereocenters. The zero-order chi connectivity index (χ0) is 13.1. The van der Waals surface area contributed by atoms with Crippen LogP contribution >= 0.6 is 11.8 Å². The summed E-state index contributed by atoms with van der Waals surface area (Å²) in [6, 6.07) is -0.165. The van der Waals surface area contributed by atoms with Gasteiger partial charge in [-0.25, -0.2) is 0 Å². The Morgan fingerprint density at radius 3 is 2.89 bits per heavy atom. The molecule has 2 aliphatic rings. The molecule has 1 amide bonds. The van der Waals surface area contributed by atoms with E-state index in [1.54, 1.807) is 16.7 Å². The van der Waals surface area contributed by atoms with Crippen molar-refractivity contribution in [1.82, 2.24) is 4.90 Å². The second-order valence-corrected chi connectivity index (χ2v) is 5.98. The normalized spacial score (nSPS) is 32.5. The van der Waals surface area contributed by atoms with Crippen molar-refractivity contribution in [2.75, 3.05) is 24.7 Å². The maximum absolute atomic E-state index is 12.4. The van der Waals surface area contributed by atoms with Gasteiger partial charge in [-0.05, 0) is 13.3 Å². The predicted molar refractivity (Wildman–Crippen MR) is 68.6 cm³/mol. The van der Waals surface area contributed by atoms with E-state index in [1.165, 1.54) is 0 Å². The highest BCUT2D eigenvalue weighted by atomic mass is 32.2. The van der Waals surface area contributed by atoms with Crippen molar-refractivity contribution in [3.8, 4) is 0 Å². The van der Waals surface area contributed by atoms with Gasteiger partial charge in [-0.15, -0.1) is 0 Å². The van der Waals surface area contributed by atoms with Gasteiger partial charge in [-0.2, -0.15) is 11.8 Å². The topological polar surface area (TPSA) is 66.8 Å². The molecule has 1 N–H and O–H groups in total. The first-order valence-corrected chi connectivity index (χ1v) is 7.46. The van der Waals surface area contributed by atoms with Crippen molar-refractivity contribution in [3.05, 3.63) is 0 Å². The standard InChI is InChI=1S/C12H19NO4S/c1-8-10(2-4-17-8)12(16)13-3-5-18-7-9(13)6-11(14)15/h8-10H,2-7H2,1H3,(H,14,15). The molecule has 2 fully saturated rings. The summed E-state index contributed by atoms with van der Waals surface area (Å²) < 4.78 is 5.42. The zero-order valence-corrected chi connectivity index (χ0v) is 11.3. The van der Waals surface area contributed by atoms with Crippen LogP contribution in [0.5, 0.6) is 0 Å². The smallest absolute Gasteiger partial charge is 0.305 e. The summed E-state index contributed by atoms with van der Waals surface area (Å²) >= 11 is 1.72. The molecule has 5 nitrogen and oxygen atoms in total. The molecule has 0 aromatic carbocycles. The monoisotopic (exact) mass is 273 g/mol. The molecule has 0 aromatic heterocycles. The summed E-state index contributed by atoms with van der Waals surface area (Å²) in [5.41, 5.74) is 0. The van der Waals surface area contributed by atoms with Crippen LogP contribution in [-0.4, -0.2) is 58.7 Å². The molecule has 3 atom stereocenters. The molecule has 102 valence electrons. The highest BCUT2D eigenvalue weighted by Gasteiger charge is 2.37. The third-order valence-corrected chi connectivity index (χ3v) is 4.71. The van der Waals surface area contributed by atoms with E-state index in [0.29, 0.717) is 13.2 Å². The quantitative estimate of drug-likeness (QED) is 0.825. The number of ether oxygens (including phenoxy) is 1. The molecular formula is C12H19NO4S. The number of hydrogen-bond donors (Lipinski definition) is 1. The first-order valence-electron chi connectivity index (χ1n) is 6.31. The fourth-order valence-corrected chi connectivity index (χ4v) is 3.65. The molecular weight excluding hydrogens is 254 g/mol. The Labute approximate surface area is 111 Å². The van der Waals surface area contributed by atoms with Crippen LogP contribution in [0.2, 0.25) is 0 Å². The Kier molecular flexibility index (Phi) is 4.50. The number of nitrogens with zero attached hydrogens (tertiary/aromatic N) is 1. The molecule has 0 aromatic rings. The van der Waals surface area contributed by atoms with Gasteiger partial charge >= 0.3 is 5.97 Å². The largest absolute Gasteiger partial charge is 0.481 e. The third kappa shape index (κ3) is 2.98. The summed E-state index contributed by atoms with van der Waals surface area (Å²) in [6.45, 7) is 3.20. The Balaban J connectivity index is 2.03. The summed E-state index contributed by atoms with van der Waals surface area (Å²) in [7, 11) is 0. The number of rotatable bonds is 3. The van der Waals surface area contributed by atoms with Crippen molar-refractivity contribution in [2.45, 2.75) is 31.9 Å². The fraction of sp³-hybridized carbons (Fsp3) is 0.833. The van der Waals surface area contributed by atoms with Crippen LogP contribution in [0.4, 0.5) is 0 Å². The van der Waals surface area contributed by atoms with Gasteiger partial charge in [0, 0.05) is 24.7 Å². The number of amides is 1. The van der Waals surface area contributed by atoms with Crippen LogP contribution in [0.3, 0.4) is 0 Å². The van der Waals surface area contributed by atoms with Gasteiger partial charge in [0.2, 0.25) is 5.91 Å². The lowest BCUT2D eigenvalue weighted by molar-refractivity contribution is -0.142. The number of carbonyl (C=O) groups is 2. The van der Waals surface area contributed by atoms with Crippen LogP contribution in [0.1, 0.15) is 19.8 Å². The third-order valence-electron chi connectivity index (χ3n) is 3.61. The number of aliphatic carboxylic acids is 1. The Bertz CT molecular complexity index is 336. The Hall–Kier alpha value is -0.750. The first-order chi connectivity index (χ1) is 8.59. The van der Waals surface area contributed by atoms with Gasteiger partial charge in [-0.1, -0.05) is 0 Å². The van der Waals surface area contributed by atoms with Gasteiger partial charge in [0.05, 0.1) is 24.5 Å². The van der Waals surface area contributed by atoms with Crippen LogP contribution in [0, 0.1) is 5.92 Å². The lowest BCUT2D eigenvalue weighted by atomic mass is 9.99. The number of carbonyl (C=O) groups excluding carboxylic acids is 1. The zero-order valence-electron chi connectivity index (χ0n) is 10.5.